The highest BCUT2D eigenvalue weighted by molar-refractivity contribution is 5.79. The van der Waals surface area contributed by atoms with Crippen LogP contribution < -0.4 is 0 Å². The van der Waals surface area contributed by atoms with Gasteiger partial charge in [0.25, 0.3) is 0 Å². The van der Waals surface area contributed by atoms with Gasteiger partial charge in [0.15, 0.2) is 12.6 Å². The molecule has 0 amide bonds. The van der Waals surface area contributed by atoms with E-state index in [-0.39, 0.29) is 36.8 Å². The summed E-state index contributed by atoms with van der Waals surface area (Å²) in [6.45, 7) is 18.3. The maximum Gasteiger partial charge on any atom is 0.316 e. The van der Waals surface area contributed by atoms with Crippen LogP contribution >= 0.6 is 0 Å². The molecule has 2 bridgehead atoms. The van der Waals surface area contributed by atoms with E-state index in [9.17, 15) is 20.1 Å². The van der Waals surface area contributed by atoms with Crippen LogP contribution in [-0.4, -0.2) is 133 Å². The molecule has 20 atom stereocenters. The molecule has 5 fully saturated rings. The van der Waals surface area contributed by atoms with Gasteiger partial charge >= 0.3 is 5.97 Å². The van der Waals surface area contributed by atoms with Crippen molar-refractivity contribution in [3.8, 4) is 0 Å². The van der Waals surface area contributed by atoms with Crippen LogP contribution in [-0.2, 0) is 47.4 Å². The number of hydrogen-bond acceptors (Lipinski definition) is 13. The lowest BCUT2D eigenvalue weighted by atomic mass is 9.64. The summed E-state index contributed by atoms with van der Waals surface area (Å²) in [5, 5.41) is 34.8. The molecule has 0 aromatic carbocycles. The number of rotatable bonds is 8. The van der Waals surface area contributed by atoms with Crippen molar-refractivity contribution in [2.45, 2.75) is 211 Å². The van der Waals surface area contributed by atoms with Gasteiger partial charge < -0.3 is 58.0 Å². The van der Waals surface area contributed by atoms with Crippen LogP contribution in [0.15, 0.2) is 47.1 Å². The maximum atomic E-state index is 14.5. The molecule has 4 saturated heterocycles. The van der Waals surface area contributed by atoms with E-state index in [4.69, 9.17) is 42.6 Å². The Balaban J connectivity index is 1.19. The third-order valence-electron chi connectivity index (χ3n) is 16.1. The summed E-state index contributed by atoms with van der Waals surface area (Å²) in [6.07, 6.45) is 10.4. The Morgan fingerprint density at radius 2 is 1.63 bits per heavy atom. The number of fused-ring (bicyclic) bond motifs is 2. The first kappa shape index (κ1) is 48.9. The minimum Gasteiger partial charge on any atom is -0.462 e. The van der Waals surface area contributed by atoms with Crippen LogP contribution in [0.3, 0.4) is 0 Å². The van der Waals surface area contributed by atoms with Crippen LogP contribution in [0.5, 0.6) is 0 Å². The molecule has 0 aromatic rings. The normalized spacial score (nSPS) is 47.8. The second kappa shape index (κ2) is 19.7. The van der Waals surface area contributed by atoms with E-state index in [2.05, 4.69) is 40.7 Å². The largest absolute Gasteiger partial charge is 0.462 e. The number of aliphatic hydroxyl groups excluding tert-OH is 2. The third kappa shape index (κ3) is 9.60. The van der Waals surface area contributed by atoms with Crippen LogP contribution in [0.1, 0.15) is 120 Å². The molecule has 3 N–H and O–H groups in total. The first-order valence-corrected chi connectivity index (χ1v) is 23.9. The van der Waals surface area contributed by atoms with Gasteiger partial charge in [0.1, 0.15) is 41.5 Å². The van der Waals surface area contributed by atoms with E-state index in [0.29, 0.717) is 48.7 Å². The molecule has 356 valence electrons. The van der Waals surface area contributed by atoms with Gasteiger partial charge in [0.05, 0.1) is 48.8 Å². The summed E-state index contributed by atoms with van der Waals surface area (Å²) in [6, 6.07) is 0. The lowest BCUT2D eigenvalue weighted by Crippen LogP contribution is -2.65. The van der Waals surface area contributed by atoms with Gasteiger partial charge in [0, 0.05) is 39.4 Å². The van der Waals surface area contributed by atoms with Crippen molar-refractivity contribution in [2.75, 3.05) is 20.8 Å². The Bertz CT molecular complexity index is 1720. The van der Waals surface area contributed by atoms with Crippen LogP contribution in [0.25, 0.3) is 0 Å². The van der Waals surface area contributed by atoms with Crippen molar-refractivity contribution >= 4 is 5.97 Å². The van der Waals surface area contributed by atoms with Crippen molar-refractivity contribution in [1.82, 2.24) is 0 Å². The highest BCUT2D eigenvalue weighted by atomic mass is 16.7. The zero-order chi connectivity index (χ0) is 45.6. The number of ether oxygens (including phenoxy) is 9. The number of carbonyl (C=O) groups excluding carboxylic acids is 1. The van der Waals surface area contributed by atoms with E-state index in [1.54, 1.807) is 34.1 Å². The maximum absolute atomic E-state index is 14.5. The van der Waals surface area contributed by atoms with E-state index in [0.717, 1.165) is 37.7 Å². The molecule has 5 heterocycles. The first-order valence-electron chi connectivity index (χ1n) is 23.9. The molecule has 2 aliphatic carbocycles. The summed E-state index contributed by atoms with van der Waals surface area (Å²) >= 11 is 0. The van der Waals surface area contributed by atoms with Gasteiger partial charge in [-0.25, -0.2) is 0 Å². The molecule has 1 spiro atoms. The minimum absolute atomic E-state index is 0.0388. The van der Waals surface area contributed by atoms with Crippen LogP contribution in [0, 0.1) is 29.6 Å². The van der Waals surface area contributed by atoms with E-state index in [1.807, 2.05) is 32.1 Å². The van der Waals surface area contributed by atoms with Crippen molar-refractivity contribution in [1.29, 1.82) is 0 Å². The molecule has 1 saturated carbocycles. The number of methoxy groups -OCH3 is 2. The van der Waals surface area contributed by atoms with Crippen molar-refractivity contribution in [3.63, 3.8) is 0 Å². The lowest BCUT2D eigenvalue weighted by Gasteiger charge is -2.52. The summed E-state index contributed by atoms with van der Waals surface area (Å²) in [5.41, 5.74) is -1.65. The van der Waals surface area contributed by atoms with Gasteiger partial charge in [-0.2, -0.15) is 0 Å². The van der Waals surface area contributed by atoms with Crippen LogP contribution in [0.2, 0.25) is 0 Å². The highest BCUT2D eigenvalue weighted by Gasteiger charge is 2.67. The molecule has 13 heteroatoms. The van der Waals surface area contributed by atoms with Crippen molar-refractivity contribution in [2.24, 2.45) is 29.6 Å². The summed E-state index contributed by atoms with van der Waals surface area (Å²) in [5.74, 6) is -0.763. The number of allylic oxidation sites excluding steroid dienone is 3. The third-order valence-corrected chi connectivity index (χ3v) is 16.1. The van der Waals surface area contributed by atoms with Crippen molar-refractivity contribution in [3.05, 3.63) is 47.1 Å². The average Bonchev–Trinajstić information content (AvgIpc) is 3.52. The fraction of sp³-hybridized carbons (Fsp3) is 0.820. The molecular weight excluding hydrogens is 809 g/mol. The number of aliphatic hydroxyl groups is 3. The molecule has 7 aliphatic rings. The highest BCUT2D eigenvalue weighted by Crippen LogP contribution is 2.53. The average molecular weight is 887 g/mol. The predicted octanol–water partition coefficient (Wildman–Crippen LogP) is 6.66. The fourth-order valence-corrected chi connectivity index (χ4v) is 12.0. The van der Waals surface area contributed by atoms with E-state index >= 15 is 0 Å². The topological polar surface area (TPSA) is 161 Å². The monoisotopic (exact) mass is 887 g/mol. The van der Waals surface area contributed by atoms with Gasteiger partial charge in [-0.3, -0.25) is 4.79 Å². The molecule has 0 radical (unpaired) electrons. The van der Waals surface area contributed by atoms with Gasteiger partial charge in [0.2, 0.25) is 0 Å². The lowest BCUT2D eigenvalue weighted by molar-refractivity contribution is -0.318. The Hall–Kier alpha value is -2.01. The van der Waals surface area contributed by atoms with E-state index < -0.39 is 84.0 Å². The number of esters is 1. The predicted molar refractivity (Wildman–Crippen MR) is 235 cm³/mol. The molecule has 7 rings (SSSR count). The standard InChI is InChI=1S/C50H78O13/c1-12-27(2)44-30(5)18-19-49(63-44)24-34-17-16-29(4)43(61-41-23-39(56-11)45(33(8)59-41)62-40-22-38(55-10)42(51)32(7)58-40)28(3)14-13-15-35-26-57-48(9)46(52)31(6)20-37(50(35,48)54)47(53)60-36(21-34)25-49/h13-16,20,27-28,30,32-34,36-46,51-52,54H,12,17-19,21-26H2,1-11H3/t27-,28-,30-,32-,33-,34+,36-,37-,38-,39-,40?,41?,42-,43-,44+,45-,46+,48+,49?,50+/m0/s1. The smallest absolute Gasteiger partial charge is 0.316 e. The number of carbonyl (C=O) groups is 1. The summed E-state index contributed by atoms with van der Waals surface area (Å²) in [7, 11) is 3.25. The molecule has 13 nitrogen and oxygen atoms in total. The SMILES string of the molecule is CC[C@H](C)[C@H]1OC2(CC[C@@H]1C)C[C@@H]1CC=C(C)[C@@H](OC3C[C@H](OC)[C@@H](OC4C[C@H](OC)[C@@H](O)[C@H](C)O4)[C@H](C)O3)[C@@H](C)C=CC=C3CO[C@]4(C)[C@H](O)C(C)=C[C@@H](C(=O)O[C@@H](C1)C2)[C@]34O. The zero-order valence-corrected chi connectivity index (χ0v) is 39.7. The molecule has 5 aliphatic heterocycles. The number of hydrogen-bond donors (Lipinski definition) is 3. The summed E-state index contributed by atoms with van der Waals surface area (Å²) in [4.78, 5) is 14.5. The van der Waals surface area contributed by atoms with Crippen LogP contribution in [0.4, 0.5) is 0 Å². The van der Waals surface area contributed by atoms with Crippen molar-refractivity contribution < 1.29 is 62.7 Å². The minimum atomic E-state index is -1.85. The molecule has 63 heavy (non-hydrogen) atoms. The summed E-state index contributed by atoms with van der Waals surface area (Å²) < 4.78 is 57.7. The zero-order valence-electron chi connectivity index (χ0n) is 39.7. The second-order valence-corrected chi connectivity index (χ2v) is 20.5. The molecular formula is C50H78O13. The Kier molecular flexibility index (Phi) is 15.3. The second-order valence-electron chi connectivity index (χ2n) is 20.5. The Morgan fingerprint density at radius 1 is 0.937 bits per heavy atom. The van der Waals surface area contributed by atoms with Gasteiger partial charge in [-0.1, -0.05) is 64.5 Å². The van der Waals surface area contributed by atoms with Gasteiger partial charge in [-0.15, -0.1) is 0 Å². The fourth-order valence-electron chi connectivity index (χ4n) is 12.0. The molecule has 3 unspecified atom stereocenters. The first-order chi connectivity index (χ1) is 29.9. The quantitative estimate of drug-likeness (QED) is 0.176. The Morgan fingerprint density at radius 3 is 2.35 bits per heavy atom. The van der Waals surface area contributed by atoms with Gasteiger partial charge in [-0.05, 0) is 101 Å². The molecule has 0 aromatic heterocycles. The van der Waals surface area contributed by atoms with E-state index in [1.165, 1.54) is 0 Å². The Labute approximate surface area is 375 Å².